The Labute approximate surface area is 247 Å². The predicted octanol–water partition coefficient (Wildman–Crippen LogP) is 6.22. The van der Waals surface area contributed by atoms with Crippen LogP contribution in [0.3, 0.4) is 0 Å². The van der Waals surface area contributed by atoms with Crippen LogP contribution in [-0.2, 0) is 9.59 Å². The van der Waals surface area contributed by atoms with E-state index < -0.39 is 23.0 Å². The van der Waals surface area contributed by atoms with Gasteiger partial charge >= 0.3 is 5.97 Å². The molecule has 3 amide bonds. The van der Waals surface area contributed by atoms with Gasteiger partial charge in [0.25, 0.3) is 11.8 Å². The number of hydrogen-bond donors (Lipinski definition) is 4. The van der Waals surface area contributed by atoms with Crippen LogP contribution in [-0.4, -0.2) is 34.0 Å². The Balaban J connectivity index is 1.47. The lowest BCUT2D eigenvalue weighted by atomic mass is 10.1. The van der Waals surface area contributed by atoms with Gasteiger partial charge in [-0.3, -0.25) is 14.4 Å². The molecule has 0 heterocycles. The molecular formula is C33H29N3O5S. The zero-order valence-corrected chi connectivity index (χ0v) is 23.8. The maximum atomic E-state index is 13.4. The second-order valence-electron chi connectivity index (χ2n) is 9.41. The predicted molar refractivity (Wildman–Crippen MR) is 165 cm³/mol. The van der Waals surface area contributed by atoms with Gasteiger partial charge in [0, 0.05) is 21.8 Å². The molecule has 0 bridgehead atoms. The number of aryl methyl sites for hydroxylation is 1. The third-order valence-electron chi connectivity index (χ3n) is 6.03. The third-order valence-corrected chi connectivity index (χ3v) is 7.13. The molecule has 0 aliphatic heterocycles. The normalized spacial score (nSPS) is 11.7. The molecule has 0 aliphatic carbocycles. The molecule has 42 heavy (non-hydrogen) atoms. The first-order valence-corrected chi connectivity index (χ1v) is 13.9. The largest absolute Gasteiger partial charge is 0.478 e. The van der Waals surface area contributed by atoms with E-state index in [0.717, 1.165) is 16.0 Å². The molecular weight excluding hydrogens is 550 g/mol. The van der Waals surface area contributed by atoms with Crippen LogP contribution in [0.2, 0.25) is 0 Å². The van der Waals surface area contributed by atoms with E-state index in [1.54, 1.807) is 73.7 Å². The third kappa shape index (κ3) is 8.42. The molecule has 1 atom stereocenters. The van der Waals surface area contributed by atoms with Crippen molar-refractivity contribution in [3.05, 3.63) is 131 Å². The average Bonchev–Trinajstić information content (AvgIpc) is 2.97. The maximum Gasteiger partial charge on any atom is 0.335 e. The number of carboxylic acids is 1. The van der Waals surface area contributed by atoms with Crippen LogP contribution in [0.1, 0.15) is 38.8 Å². The number of amides is 3. The highest BCUT2D eigenvalue weighted by Gasteiger charge is 2.18. The summed E-state index contributed by atoms with van der Waals surface area (Å²) in [5.41, 5.74) is 3.20. The zero-order chi connectivity index (χ0) is 30.1. The van der Waals surface area contributed by atoms with Gasteiger partial charge in [0.1, 0.15) is 5.70 Å². The minimum absolute atomic E-state index is 0.0730. The number of anilines is 2. The molecule has 0 aliphatic rings. The molecule has 4 rings (SSSR count). The van der Waals surface area contributed by atoms with Gasteiger partial charge in [0.2, 0.25) is 5.91 Å². The molecule has 4 aromatic carbocycles. The lowest BCUT2D eigenvalue weighted by molar-refractivity contribution is -0.115. The van der Waals surface area contributed by atoms with Crippen molar-refractivity contribution >= 4 is 52.9 Å². The Kier molecular flexibility index (Phi) is 9.91. The summed E-state index contributed by atoms with van der Waals surface area (Å²) in [5, 5.41) is 17.0. The molecule has 0 saturated carbocycles. The van der Waals surface area contributed by atoms with E-state index in [0.29, 0.717) is 16.9 Å². The van der Waals surface area contributed by atoms with Crippen molar-refractivity contribution in [1.82, 2.24) is 5.32 Å². The van der Waals surface area contributed by atoms with Crippen molar-refractivity contribution in [3.63, 3.8) is 0 Å². The summed E-state index contributed by atoms with van der Waals surface area (Å²) in [6, 6.07) is 29.2. The molecule has 0 aromatic heterocycles. The van der Waals surface area contributed by atoms with Crippen molar-refractivity contribution in [3.8, 4) is 0 Å². The summed E-state index contributed by atoms with van der Waals surface area (Å²) in [5.74, 6) is -2.30. The first-order chi connectivity index (χ1) is 20.2. The Bertz CT molecular complexity index is 1650. The molecule has 9 heteroatoms. The van der Waals surface area contributed by atoms with Gasteiger partial charge in [0.15, 0.2) is 0 Å². The number of nitrogens with one attached hydrogen (secondary N) is 3. The fourth-order valence-electron chi connectivity index (χ4n) is 3.95. The van der Waals surface area contributed by atoms with Crippen LogP contribution in [0, 0.1) is 6.92 Å². The number of rotatable bonds is 10. The Morgan fingerprint density at radius 1 is 0.762 bits per heavy atom. The molecule has 212 valence electrons. The van der Waals surface area contributed by atoms with Crippen LogP contribution >= 0.6 is 11.8 Å². The topological polar surface area (TPSA) is 125 Å². The van der Waals surface area contributed by atoms with Crippen LogP contribution < -0.4 is 16.0 Å². The zero-order valence-electron chi connectivity index (χ0n) is 23.0. The van der Waals surface area contributed by atoms with Crippen LogP contribution in [0.15, 0.2) is 114 Å². The van der Waals surface area contributed by atoms with Gasteiger partial charge in [-0.2, -0.15) is 0 Å². The number of carbonyl (C=O) groups excluding carboxylic acids is 3. The van der Waals surface area contributed by atoms with Gasteiger partial charge < -0.3 is 21.1 Å². The number of aromatic carboxylic acids is 1. The van der Waals surface area contributed by atoms with Crippen molar-refractivity contribution in [1.29, 1.82) is 0 Å². The number of carboxylic acid groups (broad SMARTS) is 1. The summed E-state index contributed by atoms with van der Waals surface area (Å²) >= 11 is 1.28. The summed E-state index contributed by atoms with van der Waals surface area (Å²) in [6.45, 7) is 3.67. The van der Waals surface area contributed by atoms with Crippen molar-refractivity contribution in [2.75, 3.05) is 10.6 Å². The van der Waals surface area contributed by atoms with E-state index in [4.69, 9.17) is 0 Å². The van der Waals surface area contributed by atoms with E-state index in [9.17, 15) is 24.3 Å². The summed E-state index contributed by atoms with van der Waals surface area (Å²) < 4.78 is 0. The smallest absolute Gasteiger partial charge is 0.335 e. The Morgan fingerprint density at radius 3 is 2.14 bits per heavy atom. The summed E-state index contributed by atoms with van der Waals surface area (Å²) in [6.07, 6.45) is 1.62. The number of hydrogen-bond acceptors (Lipinski definition) is 5. The highest BCUT2D eigenvalue weighted by atomic mass is 32.2. The standard InChI is InChI=1S/C33H29N3O5S/c1-21-9-6-10-23(17-21)18-29(36-31(38)24-11-4-3-5-12-24)32(39)35-27-15-8-16-28(20-27)42-22(2)30(37)34-26-14-7-13-25(19-26)33(40)41/h3-20,22H,1-2H3,(H,34,37)(H,35,39)(H,36,38)(H,40,41)/b29-18+. The highest BCUT2D eigenvalue weighted by Crippen LogP contribution is 2.27. The minimum atomic E-state index is -1.08. The lowest BCUT2D eigenvalue weighted by Gasteiger charge is -2.14. The van der Waals surface area contributed by atoms with E-state index in [-0.39, 0.29) is 17.2 Å². The quantitative estimate of drug-likeness (QED) is 0.131. The summed E-state index contributed by atoms with van der Waals surface area (Å²) in [7, 11) is 0. The molecule has 4 aromatic rings. The minimum Gasteiger partial charge on any atom is -0.478 e. The Hall–Kier alpha value is -5.15. The Morgan fingerprint density at radius 2 is 1.43 bits per heavy atom. The van der Waals surface area contributed by atoms with E-state index in [2.05, 4.69) is 16.0 Å². The number of benzene rings is 4. The molecule has 1 unspecified atom stereocenters. The molecule has 0 saturated heterocycles. The van der Waals surface area contributed by atoms with Crippen molar-refractivity contribution < 1.29 is 24.3 Å². The fraction of sp³-hybridized carbons (Fsp3) is 0.0909. The lowest BCUT2D eigenvalue weighted by Crippen LogP contribution is -2.30. The molecule has 8 nitrogen and oxygen atoms in total. The number of carbonyl (C=O) groups is 4. The van der Waals surface area contributed by atoms with E-state index >= 15 is 0 Å². The van der Waals surface area contributed by atoms with Crippen LogP contribution in [0.4, 0.5) is 11.4 Å². The average molecular weight is 580 g/mol. The first-order valence-electron chi connectivity index (χ1n) is 13.0. The molecule has 0 fully saturated rings. The van der Waals surface area contributed by atoms with Gasteiger partial charge in [-0.15, -0.1) is 11.8 Å². The second kappa shape index (κ2) is 14.0. The first kappa shape index (κ1) is 29.8. The second-order valence-corrected chi connectivity index (χ2v) is 10.8. The monoisotopic (exact) mass is 579 g/mol. The highest BCUT2D eigenvalue weighted by molar-refractivity contribution is 8.00. The summed E-state index contributed by atoms with van der Waals surface area (Å²) in [4.78, 5) is 51.0. The van der Waals surface area contributed by atoms with Gasteiger partial charge in [0.05, 0.1) is 10.8 Å². The van der Waals surface area contributed by atoms with Crippen molar-refractivity contribution in [2.24, 2.45) is 0 Å². The maximum absolute atomic E-state index is 13.4. The van der Waals surface area contributed by atoms with Gasteiger partial charge in [-0.25, -0.2) is 4.79 Å². The van der Waals surface area contributed by atoms with E-state index in [1.807, 2.05) is 37.3 Å². The van der Waals surface area contributed by atoms with Crippen molar-refractivity contribution in [2.45, 2.75) is 24.0 Å². The van der Waals surface area contributed by atoms with Crippen LogP contribution in [0.25, 0.3) is 6.08 Å². The fourth-order valence-corrected chi connectivity index (χ4v) is 4.87. The van der Waals surface area contributed by atoms with Crippen LogP contribution in [0.5, 0.6) is 0 Å². The molecule has 0 radical (unpaired) electrons. The molecule has 0 spiro atoms. The molecule has 4 N–H and O–H groups in total. The number of thioether (sulfide) groups is 1. The SMILES string of the molecule is Cc1cccc(/C=C(/NC(=O)c2ccccc2)C(=O)Nc2cccc(SC(C)C(=O)Nc3cccc(C(=O)O)c3)c2)c1. The van der Waals surface area contributed by atoms with Gasteiger partial charge in [-0.05, 0) is 74.0 Å². The van der Waals surface area contributed by atoms with Gasteiger partial charge in [-0.1, -0.05) is 60.2 Å². The van der Waals surface area contributed by atoms with E-state index in [1.165, 1.54) is 23.9 Å².